The molecule has 0 amide bonds. The molecule has 55 valence electrons. The maximum atomic E-state index is 10.1. The molecule has 11 heavy (non-hydrogen) atoms. The number of hydrogen-bond donors (Lipinski definition) is 0. The summed E-state index contributed by atoms with van der Waals surface area (Å²) in [5.41, 5.74) is 0. The number of thiophene rings is 1. The van der Waals surface area contributed by atoms with Crippen molar-refractivity contribution in [1.29, 1.82) is 0 Å². The fourth-order valence-electron chi connectivity index (χ4n) is 0.744. The van der Waals surface area contributed by atoms with Gasteiger partial charge in [-0.25, -0.2) is 0 Å². The van der Waals surface area contributed by atoms with E-state index in [1.54, 1.807) is 11.3 Å². The van der Waals surface area contributed by atoms with Crippen molar-refractivity contribution in [3.8, 4) is 5.06 Å². The van der Waals surface area contributed by atoms with Gasteiger partial charge in [0, 0.05) is 0 Å². The van der Waals surface area contributed by atoms with Crippen LogP contribution in [0.4, 0.5) is 0 Å². The number of carbonyl (C=O) groups excluding carboxylic acids is 1. The normalized spacial score (nSPS) is 8.45. The predicted molar refractivity (Wildman–Crippen MR) is 40.8 cm³/mol. The predicted octanol–water partition coefficient (Wildman–Crippen LogP) is 0.922. The van der Waals surface area contributed by atoms with Crippen molar-refractivity contribution in [2.24, 2.45) is 0 Å². The van der Waals surface area contributed by atoms with Crippen LogP contribution in [0.25, 0.3) is 0 Å². The Balaban J connectivity index is 2.73. The first-order valence-corrected chi connectivity index (χ1v) is 7.21. The molecule has 1 heterocycles. The van der Waals surface area contributed by atoms with Gasteiger partial charge in [-0.1, -0.05) is 0 Å². The molecule has 0 aliphatic carbocycles. The van der Waals surface area contributed by atoms with Crippen molar-refractivity contribution in [3.63, 3.8) is 0 Å². The molecule has 0 atom stereocenters. The molecule has 0 aromatic carbocycles. The molecule has 0 bridgehead atoms. The van der Waals surface area contributed by atoms with Gasteiger partial charge < -0.3 is 0 Å². The van der Waals surface area contributed by atoms with Gasteiger partial charge in [0.1, 0.15) is 0 Å². The summed E-state index contributed by atoms with van der Waals surface area (Å²) in [4.78, 5) is 10.1. The molecule has 0 N–H and O–H groups in total. The van der Waals surface area contributed by atoms with Crippen molar-refractivity contribution in [1.82, 2.24) is 0 Å². The molecule has 0 unspecified atom stereocenters. The molecular weight excluding hydrogens is 214 g/mol. The first kappa shape index (κ1) is 8.80. The maximum absolute atomic E-state index is 10.1. The zero-order valence-electron chi connectivity index (χ0n) is 6.29. The molecule has 4 heteroatoms. The van der Waals surface area contributed by atoms with E-state index in [-0.39, 0.29) is 0 Å². The van der Waals surface area contributed by atoms with Crippen LogP contribution in [0.15, 0.2) is 12.1 Å². The quantitative estimate of drug-likeness (QED) is 0.709. The van der Waals surface area contributed by atoms with Crippen molar-refractivity contribution in [2.45, 2.75) is 6.92 Å². The van der Waals surface area contributed by atoms with Gasteiger partial charge in [0.25, 0.3) is 0 Å². The van der Waals surface area contributed by atoms with Crippen LogP contribution in [0.3, 0.4) is 0 Å². The van der Waals surface area contributed by atoms with E-state index in [4.69, 9.17) is 4.74 Å². The fraction of sp³-hybridized carbons (Fsp3) is 0.286. The van der Waals surface area contributed by atoms with Crippen LogP contribution in [0.5, 0.6) is 5.06 Å². The Hall–Kier alpha value is -0.297. The topological polar surface area (TPSA) is 26.3 Å². The molecule has 0 radical (unpaired) electrons. The zero-order chi connectivity index (χ0) is 8.10. The summed E-state index contributed by atoms with van der Waals surface area (Å²) in [6.45, 7) is 2.64. The van der Waals surface area contributed by atoms with Gasteiger partial charge in [-0.2, -0.15) is 0 Å². The molecule has 0 saturated carbocycles. The van der Waals surface area contributed by atoms with Crippen molar-refractivity contribution < 1.29 is 26.2 Å². The summed E-state index contributed by atoms with van der Waals surface area (Å²) < 4.78 is 8.47. The van der Waals surface area contributed by atoms with Gasteiger partial charge in [-0.05, 0) is 0 Å². The van der Waals surface area contributed by atoms with Crippen LogP contribution in [0.2, 0.25) is 0 Å². The second-order valence-corrected chi connectivity index (χ2v) is 7.13. The molecule has 1 aromatic heterocycles. The third-order valence-electron chi connectivity index (χ3n) is 1.17. The number of rotatable bonds is 3. The van der Waals surface area contributed by atoms with Crippen LogP contribution >= 0.6 is 11.3 Å². The van der Waals surface area contributed by atoms with Gasteiger partial charge in [0.15, 0.2) is 0 Å². The van der Waals surface area contributed by atoms with Crippen molar-refractivity contribution in [3.05, 3.63) is 12.1 Å². The van der Waals surface area contributed by atoms with Crippen LogP contribution in [-0.4, -0.2) is 11.1 Å². The Labute approximate surface area is 76.3 Å². The Bertz CT molecular complexity index is 276. The second kappa shape index (κ2) is 4.55. The number of hydrogen-bond acceptors (Lipinski definition) is 3. The molecule has 0 aliphatic rings. The van der Waals surface area contributed by atoms with Crippen molar-refractivity contribution >= 4 is 19.3 Å². The Kier molecular flexibility index (Phi) is 3.64. The molecule has 0 saturated heterocycles. The average Bonchev–Trinajstić information content (AvgIpc) is 2.38. The molecular formula is C7H7O2SZn. The van der Waals surface area contributed by atoms with E-state index in [0.717, 1.165) is 5.06 Å². The Morgan fingerprint density at radius 3 is 3.18 bits per heavy atom. The average molecular weight is 221 g/mol. The Morgan fingerprint density at radius 1 is 1.73 bits per heavy atom. The van der Waals surface area contributed by atoms with Crippen LogP contribution < -0.4 is 8.21 Å². The van der Waals surface area contributed by atoms with E-state index >= 15 is 0 Å². The zero-order valence-corrected chi connectivity index (χ0v) is 10.1. The van der Waals surface area contributed by atoms with Crippen LogP contribution in [0.1, 0.15) is 6.92 Å². The monoisotopic (exact) mass is 219 g/mol. The SMILES string of the molecule is CCOc1cc[c]([Zn]=[C]=O)s1. The third-order valence-corrected chi connectivity index (χ3v) is 5.21. The minimum absolute atomic E-state index is 0.692. The summed E-state index contributed by atoms with van der Waals surface area (Å²) >= 11 is 0.419. The number of ether oxygens (including phenoxy) is 1. The summed E-state index contributed by atoms with van der Waals surface area (Å²) in [5, 5.41) is 0.920. The van der Waals surface area contributed by atoms with Crippen LogP contribution in [0, 0.1) is 0 Å². The second-order valence-electron chi connectivity index (χ2n) is 1.97. The van der Waals surface area contributed by atoms with E-state index in [1.165, 1.54) is 3.47 Å². The summed E-state index contributed by atoms with van der Waals surface area (Å²) in [7, 11) is 0. The van der Waals surface area contributed by atoms with E-state index in [9.17, 15) is 4.79 Å². The van der Waals surface area contributed by atoms with Gasteiger partial charge in [0.05, 0.1) is 0 Å². The summed E-state index contributed by atoms with van der Waals surface area (Å²) in [6.07, 6.45) is 0. The molecule has 1 aromatic rings. The van der Waals surface area contributed by atoms with E-state index in [0.29, 0.717) is 6.61 Å². The fourth-order valence-corrected chi connectivity index (χ4v) is 3.97. The molecule has 2 nitrogen and oxygen atoms in total. The summed E-state index contributed by atoms with van der Waals surface area (Å²) in [6, 6.07) is 3.90. The molecule has 0 spiro atoms. The van der Waals surface area contributed by atoms with E-state index in [2.05, 4.69) is 0 Å². The standard InChI is InChI=1S/C6H7OS.CO.Zn/c1-2-7-6-4-3-5-8-6;1-2;/h3-4H,2H2,1H3;;. The van der Waals surface area contributed by atoms with Gasteiger partial charge in [-0.3, -0.25) is 0 Å². The van der Waals surface area contributed by atoms with E-state index < -0.39 is 16.7 Å². The van der Waals surface area contributed by atoms with E-state index in [1.807, 2.05) is 23.5 Å². The van der Waals surface area contributed by atoms with Gasteiger partial charge >= 0.3 is 76.2 Å². The van der Waals surface area contributed by atoms with Crippen LogP contribution in [-0.2, 0) is 21.5 Å². The molecule has 1 rings (SSSR count). The third kappa shape index (κ3) is 2.66. The minimum atomic E-state index is -1.16. The van der Waals surface area contributed by atoms with Gasteiger partial charge in [-0.15, -0.1) is 0 Å². The first-order chi connectivity index (χ1) is 5.36. The van der Waals surface area contributed by atoms with Gasteiger partial charge in [0.2, 0.25) is 0 Å². The summed E-state index contributed by atoms with van der Waals surface area (Å²) in [5.74, 6) is 0. The van der Waals surface area contributed by atoms with Crippen molar-refractivity contribution in [2.75, 3.05) is 6.61 Å². The Morgan fingerprint density at radius 2 is 2.55 bits per heavy atom. The first-order valence-electron chi connectivity index (χ1n) is 3.43. The molecule has 0 fully saturated rings. The molecule has 0 aliphatic heterocycles.